The number of rotatable bonds is 7. The van der Waals surface area contributed by atoms with E-state index in [1.807, 2.05) is 6.07 Å². The maximum Gasteiger partial charge on any atom is 0.172 e. The highest BCUT2D eigenvalue weighted by atomic mass is 16.5. The molecule has 0 atom stereocenters. The van der Waals surface area contributed by atoms with Gasteiger partial charge in [-0.1, -0.05) is 6.08 Å². The number of methoxy groups -OCH3 is 4. The van der Waals surface area contributed by atoms with Crippen LogP contribution in [0.1, 0.15) is 11.1 Å². The second kappa shape index (κ2) is 7.24. The van der Waals surface area contributed by atoms with Crippen LogP contribution in [0.4, 0.5) is 0 Å². The highest BCUT2D eigenvalue weighted by molar-refractivity contribution is 6.01. The zero-order valence-corrected chi connectivity index (χ0v) is 13.9. The van der Waals surface area contributed by atoms with Gasteiger partial charge < -0.3 is 24.1 Å². The monoisotopic (exact) mass is 318 g/mol. The summed E-state index contributed by atoms with van der Waals surface area (Å²) in [5, 5.41) is 11.3. The van der Waals surface area contributed by atoms with Gasteiger partial charge in [0.05, 0.1) is 40.4 Å². The molecule has 2 aromatic carbocycles. The molecule has 0 aromatic heterocycles. The van der Waals surface area contributed by atoms with Crippen molar-refractivity contribution in [3.05, 3.63) is 35.9 Å². The molecule has 2 aromatic rings. The molecule has 0 aliphatic rings. The Morgan fingerprint density at radius 3 is 2.09 bits per heavy atom. The maximum absolute atomic E-state index is 9.73. The Morgan fingerprint density at radius 2 is 1.61 bits per heavy atom. The van der Waals surface area contributed by atoms with Crippen molar-refractivity contribution in [1.29, 1.82) is 0 Å². The van der Waals surface area contributed by atoms with Crippen molar-refractivity contribution in [2.75, 3.05) is 28.4 Å². The molecule has 0 heterocycles. The first-order valence-corrected chi connectivity index (χ1v) is 7.19. The highest BCUT2D eigenvalue weighted by Crippen LogP contribution is 2.47. The Labute approximate surface area is 136 Å². The highest BCUT2D eigenvalue weighted by Gasteiger charge is 2.22. The fourth-order valence-electron chi connectivity index (χ4n) is 2.82. The predicted octanol–water partition coefficient (Wildman–Crippen LogP) is 3.10. The molecule has 2 rings (SSSR count). The minimum atomic E-state index is -0.104. The number of ether oxygens (including phenoxy) is 4. The van der Waals surface area contributed by atoms with Crippen molar-refractivity contribution in [2.24, 2.45) is 0 Å². The number of hydrogen-bond donors (Lipinski definition) is 1. The molecule has 1 N–H and O–H groups in total. The van der Waals surface area contributed by atoms with E-state index in [1.165, 1.54) is 0 Å². The van der Waals surface area contributed by atoms with Gasteiger partial charge in [-0.3, -0.25) is 0 Å². The van der Waals surface area contributed by atoms with E-state index in [0.29, 0.717) is 29.4 Å². The van der Waals surface area contributed by atoms with Crippen LogP contribution in [0.5, 0.6) is 23.0 Å². The van der Waals surface area contributed by atoms with E-state index in [0.717, 1.165) is 21.9 Å². The minimum Gasteiger partial charge on any atom is -0.496 e. The molecular weight excluding hydrogens is 296 g/mol. The summed E-state index contributed by atoms with van der Waals surface area (Å²) in [5.74, 6) is 2.36. The van der Waals surface area contributed by atoms with Crippen molar-refractivity contribution in [3.8, 4) is 23.0 Å². The first-order chi connectivity index (χ1) is 11.2. The van der Waals surface area contributed by atoms with Crippen molar-refractivity contribution >= 4 is 10.8 Å². The van der Waals surface area contributed by atoms with Crippen LogP contribution in [0.2, 0.25) is 0 Å². The second-order valence-electron chi connectivity index (χ2n) is 4.94. The Bertz CT molecular complexity index is 721. The van der Waals surface area contributed by atoms with Gasteiger partial charge in [-0.25, -0.2) is 0 Å². The predicted molar refractivity (Wildman–Crippen MR) is 90.0 cm³/mol. The van der Waals surface area contributed by atoms with Crippen molar-refractivity contribution in [3.63, 3.8) is 0 Å². The summed E-state index contributed by atoms with van der Waals surface area (Å²) in [4.78, 5) is 0. The van der Waals surface area contributed by atoms with Gasteiger partial charge in [-0.05, 0) is 18.1 Å². The first kappa shape index (κ1) is 17.0. The number of fused-ring (bicyclic) bond motifs is 1. The van der Waals surface area contributed by atoms with Gasteiger partial charge in [0.15, 0.2) is 11.5 Å². The topological polar surface area (TPSA) is 57.2 Å². The van der Waals surface area contributed by atoms with Crippen molar-refractivity contribution in [1.82, 2.24) is 0 Å². The molecule has 5 heteroatoms. The number of allylic oxidation sites excluding steroid dienone is 1. The van der Waals surface area contributed by atoms with Gasteiger partial charge >= 0.3 is 0 Å². The lowest BCUT2D eigenvalue weighted by Crippen LogP contribution is -2.02. The Morgan fingerprint density at radius 1 is 0.957 bits per heavy atom. The average Bonchev–Trinajstić information content (AvgIpc) is 2.59. The van der Waals surface area contributed by atoms with Crippen LogP contribution >= 0.6 is 0 Å². The summed E-state index contributed by atoms with van der Waals surface area (Å²) < 4.78 is 22.1. The number of aliphatic hydroxyl groups excluding tert-OH is 1. The van der Waals surface area contributed by atoms with Gasteiger partial charge in [0.25, 0.3) is 0 Å². The van der Waals surface area contributed by atoms with Crippen LogP contribution in [-0.2, 0) is 13.0 Å². The van der Waals surface area contributed by atoms with Gasteiger partial charge in [-0.15, -0.1) is 6.58 Å². The van der Waals surface area contributed by atoms with Gasteiger partial charge in [0, 0.05) is 17.0 Å². The molecule has 5 nitrogen and oxygen atoms in total. The Kier molecular flexibility index (Phi) is 5.34. The normalized spacial score (nSPS) is 10.5. The maximum atomic E-state index is 9.73. The fraction of sp³-hybridized carbons (Fsp3) is 0.333. The molecule has 0 aliphatic heterocycles. The zero-order chi connectivity index (χ0) is 17.0. The smallest absolute Gasteiger partial charge is 0.172 e. The van der Waals surface area contributed by atoms with E-state index in [9.17, 15) is 5.11 Å². The van der Waals surface area contributed by atoms with E-state index in [1.54, 1.807) is 40.6 Å². The van der Waals surface area contributed by atoms with E-state index >= 15 is 0 Å². The summed E-state index contributed by atoms with van der Waals surface area (Å²) in [6.45, 7) is 3.67. The minimum absolute atomic E-state index is 0.104. The average molecular weight is 318 g/mol. The van der Waals surface area contributed by atoms with E-state index < -0.39 is 0 Å². The van der Waals surface area contributed by atoms with Crippen LogP contribution in [0.15, 0.2) is 24.8 Å². The standard InChI is InChI=1S/C18H22O5/c1-6-7-12-11(10-19)8-13-14(20-2)9-15(21-3)18(23-5)16(13)17(12)22-4/h6,8-9,19H,1,7,10H2,2-5H3. The number of hydrogen-bond acceptors (Lipinski definition) is 5. The third kappa shape index (κ3) is 2.80. The SMILES string of the molecule is C=CCc1c(CO)cc2c(OC)cc(OC)c(OC)c2c1OC. The third-order valence-electron chi connectivity index (χ3n) is 3.82. The Hall–Kier alpha value is -2.40. The molecule has 0 radical (unpaired) electrons. The van der Waals surface area contributed by atoms with E-state index in [2.05, 4.69) is 6.58 Å². The van der Waals surface area contributed by atoms with Crippen LogP contribution in [0.25, 0.3) is 10.8 Å². The van der Waals surface area contributed by atoms with Crippen LogP contribution in [0.3, 0.4) is 0 Å². The summed E-state index contributed by atoms with van der Waals surface area (Å²) in [5.41, 5.74) is 1.63. The summed E-state index contributed by atoms with van der Waals surface area (Å²) in [7, 11) is 6.33. The van der Waals surface area contributed by atoms with E-state index in [4.69, 9.17) is 18.9 Å². The van der Waals surface area contributed by atoms with Gasteiger partial charge in [0.2, 0.25) is 0 Å². The molecule has 0 fully saturated rings. The molecule has 23 heavy (non-hydrogen) atoms. The largest absolute Gasteiger partial charge is 0.496 e. The van der Waals surface area contributed by atoms with E-state index in [-0.39, 0.29) is 6.61 Å². The lowest BCUT2D eigenvalue weighted by molar-refractivity contribution is 0.280. The summed E-state index contributed by atoms with van der Waals surface area (Å²) in [6.07, 6.45) is 2.34. The quantitative estimate of drug-likeness (QED) is 0.795. The molecule has 0 bridgehead atoms. The summed E-state index contributed by atoms with van der Waals surface area (Å²) in [6, 6.07) is 3.65. The molecule has 0 amide bonds. The van der Waals surface area contributed by atoms with Gasteiger partial charge in [0.1, 0.15) is 11.5 Å². The van der Waals surface area contributed by atoms with Crippen molar-refractivity contribution < 1.29 is 24.1 Å². The second-order valence-corrected chi connectivity index (χ2v) is 4.94. The lowest BCUT2D eigenvalue weighted by atomic mass is 9.96. The van der Waals surface area contributed by atoms with Crippen LogP contribution in [0, 0.1) is 0 Å². The molecule has 124 valence electrons. The first-order valence-electron chi connectivity index (χ1n) is 7.19. The number of benzene rings is 2. The molecular formula is C18H22O5. The molecule has 0 unspecified atom stereocenters. The fourth-order valence-corrected chi connectivity index (χ4v) is 2.82. The summed E-state index contributed by atoms with van der Waals surface area (Å²) >= 11 is 0. The third-order valence-corrected chi connectivity index (χ3v) is 3.82. The molecule has 0 aliphatic carbocycles. The molecule has 0 saturated carbocycles. The van der Waals surface area contributed by atoms with Gasteiger partial charge in [-0.2, -0.15) is 0 Å². The van der Waals surface area contributed by atoms with Crippen LogP contribution in [-0.4, -0.2) is 33.5 Å². The Balaban J connectivity index is 3.03. The zero-order valence-electron chi connectivity index (χ0n) is 13.9. The van der Waals surface area contributed by atoms with Crippen molar-refractivity contribution in [2.45, 2.75) is 13.0 Å². The van der Waals surface area contributed by atoms with Crippen LogP contribution < -0.4 is 18.9 Å². The lowest BCUT2D eigenvalue weighted by Gasteiger charge is -2.20. The molecule has 0 saturated heterocycles. The number of aliphatic hydroxyl groups is 1. The molecule has 0 spiro atoms.